The molecule has 1 N–H and O–H groups in total. The molecule has 2 aromatic carbocycles. The molecule has 0 radical (unpaired) electrons. The summed E-state index contributed by atoms with van der Waals surface area (Å²) in [5.41, 5.74) is 0.0640. The highest BCUT2D eigenvalue weighted by Gasteiger charge is 2.14. The van der Waals surface area contributed by atoms with Gasteiger partial charge >= 0.3 is 0 Å². The van der Waals surface area contributed by atoms with Crippen LogP contribution in [0.15, 0.2) is 40.9 Å². The highest BCUT2D eigenvalue weighted by atomic mass is 79.9. The van der Waals surface area contributed by atoms with E-state index in [0.717, 1.165) is 18.2 Å². The first-order chi connectivity index (χ1) is 9.47. The molecule has 0 fully saturated rings. The Morgan fingerprint density at radius 1 is 1.20 bits per heavy atom. The molecule has 0 unspecified atom stereocenters. The lowest BCUT2D eigenvalue weighted by molar-refractivity contribution is -0.384. The molecule has 0 saturated heterocycles. The second-order valence-electron chi connectivity index (χ2n) is 4.01. The molecule has 4 nitrogen and oxygen atoms in total. The van der Waals surface area contributed by atoms with Crippen LogP contribution in [-0.2, 0) is 6.54 Å². The fourth-order valence-corrected chi connectivity index (χ4v) is 2.09. The second-order valence-corrected chi connectivity index (χ2v) is 4.92. The van der Waals surface area contributed by atoms with E-state index in [1.807, 2.05) is 0 Å². The van der Waals surface area contributed by atoms with Crippen molar-refractivity contribution in [1.82, 2.24) is 0 Å². The van der Waals surface area contributed by atoms with E-state index in [2.05, 4.69) is 21.2 Å². The third-order valence-electron chi connectivity index (χ3n) is 2.63. The molecule has 104 valence electrons. The SMILES string of the molecule is O=[N+]([O-])c1ccc(F)cc1NCc1cc(Br)ccc1F. The first-order valence-corrected chi connectivity index (χ1v) is 6.38. The number of nitrogens with zero attached hydrogens (tertiary/aromatic N) is 1. The van der Waals surface area contributed by atoms with Gasteiger partial charge in [0.25, 0.3) is 5.69 Å². The maximum absolute atomic E-state index is 13.5. The summed E-state index contributed by atoms with van der Waals surface area (Å²) in [5.74, 6) is -1.05. The third kappa shape index (κ3) is 3.30. The van der Waals surface area contributed by atoms with Crippen LogP contribution in [0.3, 0.4) is 0 Å². The van der Waals surface area contributed by atoms with E-state index in [-0.39, 0.29) is 17.9 Å². The van der Waals surface area contributed by atoms with Gasteiger partial charge < -0.3 is 5.32 Å². The molecule has 0 saturated carbocycles. The van der Waals surface area contributed by atoms with Gasteiger partial charge in [-0.2, -0.15) is 0 Å². The average molecular weight is 343 g/mol. The van der Waals surface area contributed by atoms with Crippen LogP contribution in [0, 0.1) is 21.7 Å². The predicted octanol–water partition coefficient (Wildman–Crippen LogP) is 4.25. The molecule has 20 heavy (non-hydrogen) atoms. The Hall–Kier alpha value is -2.02. The van der Waals surface area contributed by atoms with Gasteiger partial charge in [-0.3, -0.25) is 10.1 Å². The second kappa shape index (κ2) is 5.96. The molecule has 0 bridgehead atoms. The summed E-state index contributed by atoms with van der Waals surface area (Å²) in [6.07, 6.45) is 0. The van der Waals surface area contributed by atoms with Crippen LogP contribution in [0.5, 0.6) is 0 Å². The average Bonchev–Trinajstić information content (AvgIpc) is 2.39. The minimum atomic E-state index is -0.626. The molecule has 0 aliphatic carbocycles. The van der Waals surface area contributed by atoms with Crippen molar-refractivity contribution in [2.24, 2.45) is 0 Å². The lowest BCUT2D eigenvalue weighted by Gasteiger charge is -2.08. The molecule has 7 heteroatoms. The Kier molecular flexibility index (Phi) is 4.29. The minimum Gasteiger partial charge on any atom is -0.375 e. The van der Waals surface area contributed by atoms with Crippen molar-refractivity contribution < 1.29 is 13.7 Å². The Morgan fingerprint density at radius 2 is 1.95 bits per heavy atom. The van der Waals surface area contributed by atoms with E-state index in [4.69, 9.17) is 0 Å². The zero-order valence-electron chi connectivity index (χ0n) is 10.1. The zero-order valence-corrected chi connectivity index (χ0v) is 11.7. The van der Waals surface area contributed by atoms with Gasteiger partial charge in [0.05, 0.1) is 4.92 Å². The topological polar surface area (TPSA) is 55.2 Å². The summed E-state index contributed by atoms with van der Waals surface area (Å²) >= 11 is 3.21. The quantitative estimate of drug-likeness (QED) is 0.667. The van der Waals surface area contributed by atoms with Crippen LogP contribution in [0.4, 0.5) is 20.2 Å². The van der Waals surface area contributed by atoms with Crippen molar-refractivity contribution in [3.63, 3.8) is 0 Å². The summed E-state index contributed by atoms with van der Waals surface area (Å²) in [7, 11) is 0. The zero-order chi connectivity index (χ0) is 14.7. The number of hydrogen-bond acceptors (Lipinski definition) is 3. The molecule has 2 aromatic rings. The summed E-state index contributed by atoms with van der Waals surface area (Å²) in [4.78, 5) is 10.2. The molecule has 0 spiro atoms. The van der Waals surface area contributed by atoms with Crippen molar-refractivity contribution in [1.29, 1.82) is 0 Å². The lowest BCUT2D eigenvalue weighted by atomic mass is 10.2. The Balaban J connectivity index is 2.24. The van der Waals surface area contributed by atoms with Crippen LogP contribution >= 0.6 is 15.9 Å². The largest absolute Gasteiger partial charge is 0.375 e. The molecule has 0 aliphatic rings. The van der Waals surface area contributed by atoms with E-state index in [9.17, 15) is 18.9 Å². The van der Waals surface area contributed by atoms with E-state index >= 15 is 0 Å². The van der Waals surface area contributed by atoms with Crippen LogP contribution < -0.4 is 5.32 Å². The number of nitro benzene ring substituents is 1. The van der Waals surface area contributed by atoms with Gasteiger partial charge in [0.2, 0.25) is 0 Å². The predicted molar refractivity (Wildman–Crippen MR) is 74.5 cm³/mol. The summed E-state index contributed by atoms with van der Waals surface area (Å²) in [5, 5.41) is 13.5. The highest BCUT2D eigenvalue weighted by Crippen LogP contribution is 2.26. The van der Waals surface area contributed by atoms with E-state index in [0.29, 0.717) is 10.0 Å². The van der Waals surface area contributed by atoms with Gasteiger partial charge in [-0.25, -0.2) is 8.78 Å². The van der Waals surface area contributed by atoms with Gasteiger partial charge in [0, 0.05) is 28.7 Å². The summed E-state index contributed by atoms with van der Waals surface area (Å²) < 4.78 is 27.4. The van der Waals surface area contributed by atoms with Crippen LogP contribution in [0.25, 0.3) is 0 Å². The lowest BCUT2D eigenvalue weighted by Crippen LogP contribution is -2.04. The molecular weight excluding hydrogens is 334 g/mol. The van der Waals surface area contributed by atoms with E-state index in [1.165, 1.54) is 6.07 Å². The van der Waals surface area contributed by atoms with Gasteiger partial charge in [0.1, 0.15) is 17.3 Å². The maximum Gasteiger partial charge on any atom is 0.292 e. The van der Waals surface area contributed by atoms with Crippen LogP contribution in [-0.4, -0.2) is 4.92 Å². The molecule has 0 heterocycles. The number of benzene rings is 2. The number of hydrogen-bond donors (Lipinski definition) is 1. The molecule has 0 amide bonds. The third-order valence-corrected chi connectivity index (χ3v) is 3.13. The van der Waals surface area contributed by atoms with Gasteiger partial charge in [0.15, 0.2) is 0 Å². The van der Waals surface area contributed by atoms with E-state index < -0.39 is 16.6 Å². The number of nitro groups is 1. The maximum atomic E-state index is 13.5. The molecule has 2 rings (SSSR count). The number of halogens is 3. The first-order valence-electron chi connectivity index (χ1n) is 5.59. The van der Waals surface area contributed by atoms with Gasteiger partial charge in [-0.05, 0) is 24.3 Å². The molecule has 0 atom stereocenters. The van der Waals surface area contributed by atoms with Crippen LogP contribution in [0.1, 0.15) is 5.56 Å². The minimum absolute atomic E-state index is 0.00868. The van der Waals surface area contributed by atoms with Gasteiger partial charge in [-0.1, -0.05) is 15.9 Å². The smallest absolute Gasteiger partial charge is 0.292 e. The summed E-state index contributed by atoms with van der Waals surface area (Å²) in [6, 6.07) is 7.45. The number of rotatable bonds is 4. The summed E-state index contributed by atoms with van der Waals surface area (Å²) in [6.45, 7) is 0.00949. The van der Waals surface area contributed by atoms with Crippen molar-refractivity contribution >= 4 is 27.3 Å². The number of nitrogens with one attached hydrogen (secondary N) is 1. The van der Waals surface area contributed by atoms with Crippen molar-refractivity contribution in [2.75, 3.05) is 5.32 Å². The number of anilines is 1. The van der Waals surface area contributed by atoms with E-state index in [1.54, 1.807) is 12.1 Å². The Labute approximate surface area is 121 Å². The van der Waals surface area contributed by atoms with Crippen molar-refractivity contribution in [3.8, 4) is 0 Å². The Bertz CT molecular complexity index is 665. The normalized spacial score (nSPS) is 10.3. The Morgan fingerprint density at radius 3 is 2.65 bits per heavy atom. The van der Waals surface area contributed by atoms with Gasteiger partial charge in [-0.15, -0.1) is 0 Å². The first kappa shape index (κ1) is 14.4. The highest BCUT2D eigenvalue weighted by molar-refractivity contribution is 9.10. The fourth-order valence-electron chi connectivity index (χ4n) is 1.68. The van der Waals surface area contributed by atoms with Crippen LogP contribution in [0.2, 0.25) is 0 Å². The molecular formula is C13H9BrF2N2O2. The van der Waals surface area contributed by atoms with Crippen molar-refractivity contribution in [2.45, 2.75) is 6.54 Å². The fraction of sp³-hybridized carbons (Fsp3) is 0.0769. The molecule has 0 aliphatic heterocycles. The standard InChI is InChI=1S/C13H9BrF2N2O2/c14-9-1-3-11(16)8(5-9)7-17-12-6-10(15)2-4-13(12)18(19)20/h1-6,17H,7H2. The monoisotopic (exact) mass is 342 g/mol. The molecule has 0 aromatic heterocycles. The van der Waals surface area contributed by atoms with Crippen molar-refractivity contribution in [3.05, 3.63) is 68.2 Å².